The number of allylic oxidation sites excluding steroid dienone is 2. The number of nitrogens with zero attached hydrogens (tertiary/aromatic N) is 1. The van der Waals surface area contributed by atoms with Gasteiger partial charge in [-0.25, -0.2) is 4.79 Å². The van der Waals surface area contributed by atoms with Crippen LogP contribution in [0.2, 0.25) is 0 Å². The summed E-state index contributed by atoms with van der Waals surface area (Å²) >= 11 is 0. The smallest absolute Gasteiger partial charge is 0.336 e. The third-order valence-corrected chi connectivity index (χ3v) is 7.38. The van der Waals surface area contributed by atoms with E-state index in [4.69, 9.17) is 4.74 Å². The van der Waals surface area contributed by atoms with Crippen LogP contribution in [0.15, 0.2) is 58.9 Å². The number of aryl methyl sites for hydroxylation is 3. The van der Waals surface area contributed by atoms with Crippen LogP contribution in [-0.2, 0) is 19.1 Å². The minimum atomic E-state index is -0.754. The maximum Gasteiger partial charge on any atom is 0.336 e. The molecule has 1 heterocycles. The van der Waals surface area contributed by atoms with E-state index in [0.29, 0.717) is 35.4 Å². The molecule has 0 fully saturated rings. The largest absolute Gasteiger partial charge is 0.508 e. The van der Waals surface area contributed by atoms with Gasteiger partial charge in [-0.1, -0.05) is 29.8 Å². The van der Waals surface area contributed by atoms with E-state index in [2.05, 4.69) is 38.2 Å². The number of benzene rings is 2. The van der Waals surface area contributed by atoms with Gasteiger partial charge in [0.2, 0.25) is 5.91 Å². The van der Waals surface area contributed by atoms with E-state index in [1.165, 1.54) is 10.5 Å². The number of phenolic OH excluding ortho intramolecular Hbond substituents is 1. The number of carbonyl (C=O) groups is 3. The molecule has 7 nitrogen and oxygen atoms in total. The molecule has 2 aromatic carbocycles. The van der Waals surface area contributed by atoms with Gasteiger partial charge in [0.05, 0.1) is 18.6 Å². The summed E-state index contributed by atoms with van der Waals surface area (Å²) < 4.78 is 5.43. The third kappa shape index (κ3) is 5.23. The molecule has 2 N–H and O–H groups in total. The average Bonchev–Trinajstić information content (AvgIpc) is 2.82. The zero-order valence-corrected chi connectivity index (χ0v) is 23.0. The molecule has 2 atom stereocenters. The molecule has 2 unspecified atom stereocenters. The molecular weight excluding hydrogens is 480 g/mol. The lowest BCUT2D eigenvalue weighted by molar-refractivity contribution is -0.138. The summed E-state index contributed by atoms with van der Waals surface area (Å²) in [6.45, 7) is 8.09. The zero-order chi connectivity index (χ0) is 27.7. The van der Waals surface area contributed by atoms with E-state index < -0.39 is 11.9 Å². The van der Waals surface area contributed by atoms with Crippen molar-refractivity contribution >= 4 is 17.7 Å². The summed E-state index contributed by atoms with van der Waals surface area (Å²) in [4.78, 5) is 41.6. The molecule has 0 saturated heterocycles. The Hall–Kier alpha value is -3.87. The Morgan fingerprint density at radius 1 is 1.08 bits per heavy atom. The van der Waals surface area contributed by atoms with Gasteiger partial charge in [0.15, 0.2) is 5.78 Å². The van der Waals surface area contributed by atoms with Gasteiger partial charge >= 0.3 is 5.97 Å². The highest BCUT2D eigenvalue weighted by atomic mass is 16.5. The van der Waals surface area contributed by atoms with E-state index in [0.717, 1.165) is 16.7 Å². The average molecular weight is 517 g/mol. The number of hydrogen-bond acceptors (Lipinski definition) is 6. The van der Waals surface area contributed by atoms with E-state index in [1.54, 1.807) is 45.3 Å². The molecule has 4 rings (SSSR count). The van der Waals surface area contributed by atoms with Crippen molar-refractivity contribution in [1.29, 1.82) is 0 Å². The van der Waals surface area contributed by atoms with Crippen LogP contribution >= 0.6 is 0 Å². The fraction of sp³-hybridized carbons (Fsp3) is 0.387. The fourth-order valence-electron chi connectivity index (χ4n) is 5.93. The van der Waals surface area contributed by atoms with Gasteiger partial charge in [-0.15, -0.1) is 0 Å². The second-order valence-electron chi connectivity index (χ2n) is 10.5. The fourth-order valence-corrected chi connectivity index (χ4v) is 5.93. The summed E-state index contributed by atoms with van der Waals surface area (Å²) in [5, 5.41) is 13.6. The minimum absolute atomic E-state index is 0.0318. The van der Waals surface area contributed by atoms with E-state index in [9.17, 15) is 19.5 Å². The number of aromatic hydroxyl groups is 1. The first-order valence-corrected chi connectivity index (χ1v) is 13.0. The standard InChI is InChI=1S/C31H36N2O5/c1-7-38-31(37)30-24(16-26(36)33(5)6)32-23-14-21(27-18(3)11-17(2)12-19(27)4)15-25(35)29(23)28(30)20-9-8-10-22(34)13-20/h8-13,21,28,32,34H,7,14-16H2,1-6H3. The summed E-state index contributed by atoms with van der Waals surface area (Å²) in [5.41, 5.74) is 7.12. The SMILES string of the molecule is CCOC(=O)C1=C(CC(=O)N(C)C)NC2=C(C(=O)CC(c3c(C)cc(C)cc3C)C2)C1c1cccc(O)c1. The lowest BCUT2D eigenvalue weighted by Gasteiger charge is -2.38. The first-order chi connectivity index (χ1) is 18.0. The van der Waals surface area contributed by atoms with Crippen molar-refractivity contribution in [1.82, 2.24) is 10.2 Å². The lowest BCUT2D eigenvalue weighted by atomic mass is 9.70. The molecule has 0 bridgehead atoms. The number of Topliss-reactive ketones (excluding diaryl/α,β-unsaturated/α-hetero) is 1. The minimum Gasteiger partial charge on any atom is -0.508 e. The highest BCUT2D eigenvalue weighted by molar-refractivity contribution is 6.04. The van der Waals surface area contributed by atoms with Crippen LogP contribution in [-0.4, -0.2) is 48.4 Å². The van der Waals surface area contributed by atoms with Crippen molar-refractivity contribution in [3.05, 3.63) is 86.8 Å². The molecule has 0 aromatic heterocycles. The molecule has 0 radical (unpaired) electrons. The Morgan fingerprint density at radius 2 is 1.76 bits per heavy atom. The Balaban J connectivity index is 1.89. The van der Waals surface area contributed by atoms with Crippen LogP contribution in [0.4, 0.5) is 0 Å². The molecule has 1 aliphatic heterocycles. The number of nitrogens with one attached hydrogen (secondary N) is 1. The highest BCUT2D eigenvalue weighted by Gasteiger charge is 2.43. The van der Waals surface area contributed by atoms with Crippen LogP contribution in [0, 0.1) is 20.8 Å². The van der Waals surface area contributed by atoms with Crippen LogP contribution < -0.4 is 5.32 Å². The molecule has 38 heavy (non-hydrogen) atoms. The number of carbonyl (C=O) groups excluding carboxylic acids is 3. The van der Waals surface area contributed by atoms with Crippen molar-refractivity contribution in [2.24, 2.45) is 0 Å². The first kappa shape index (κ1) is 27.2. The van der Waals surface area contributed by atoms with Gasteiger partial charge in [-0.05, 0) is 74.4 Å². The van der Waals surface area contributed by atoms with Crippen LogP contribution in [0.1, 0.15) is 65.8 Å². The molecule has 0 saturated carbocycles. The van der Waals surface area contributed by atoms with Crippen LogP contribution in [0.3, 0.4) is 0 Å². The van der Waals surface area contributed by atoms with E-state index in [1.807, 2.05) is 0 Å². The Kier molecular flexibility index (Phi) is 7.76. The monoisotopic (exact) mass is 516 g/mol. The maximum absolute atomic E-state index is 13.9. The normalized spacial score (nSPS) is 19.2. The number of phenols is 1. The number of ketones is 1. The first-order valence-electron chi connectivity index (χ1n) is 13.0. The van der Waals surface area contributed by atoms with Gasteiger partial charge < -0.3 is 20.1 Å². The molecule has 1 aliphatic carbocycles. The van der Waals surface area contributed by atoms with Gasteiger partial charge in [0.1, 0.15) is 5.75 Å². The molecular formula is C31H36N2O5. The van der Waals surface area contributed by atoms with Gasteiger partial charge in [-0.3, -0.25) is 9.59 Å². The van der Waals surface area contributed by atoms with Crippen LogP contribution in [0.5, 0.6) is 5.75 Å². The van der Waals surface area contributed by atoms with Gasteiger partial charge in [-0.2, -0.15) is 0 Å². The predicted octanol–water partition coefficient (Wildman–Crippen LogP) is 4.70. The van der Waals surface area contributed by atoms with Crippen molar-refractivity contribution in [3.8, 4) is 5.75 Å². The van der Waals surface area contributed by atoms with Crippen molar-refractivity contribution < 1.29 is 24.2 Å². The molecule has 2 aromatic rings. The molecule has 7 heteroatoms. The molecule has 2 aliphatic rings. The van der Waals surface area contributed by atoms with Gasteiger partial charge in [0.25, 0.3) is 0 Å². The van der Waals surface area contributed by atoms with Crippen molar-refractivity contribution in [2.45, 2.75) is 58.8 Å². The number of hydrogen-bond donors (Lipinski definition) is 2. The van der Waals surface area contributed by atoms with Crippen LogP contribution in [0.25, 0.3) is 0 Å². The molecule has 200 valence electrons. The third-order valence-electron chi connectivity index (χ3n) is 7.38. The number of dihydropyridines is 1. The summed E-state index contributed by atoms with van der Waals surface area (Å²) in [5.74, 6) is -1.58. The summed E-state index contributed by atoms with van der Waals surface area (Å²) in [7, 11) is 3.33. The Bertz CT molecular complexity index is 1350. The number of ether oxygens (including phenoxy) is 1. The van der Waals surface area contributed by atoms with Crippen molar-refractivity contribution in [3.63, 3.8) is 0 Å². The summed E-state index contributed by atoms with van der Waals surface area (Å²) in [6, 6.07) is 10.9. The highest BCUT2D eigenvalue weighted by Crippen LogP contribution is 2.47. The summed E-state index contributed by atoms with van der Waals surface area (Å²) in [6.07, 6.45) is 0.828. The predicted molar refractivity (Wildman–Crippen MR) is 146 cm³/mol. The second kappa shape index (κ2) is 10.9. The number of rotatable bonds is 6. The lowest BCUT2D eigenvalue weighted by Crippen LogP contribution is -2.38. The topological polar surface area (TPSA) is 95.9 Å². The van der Waals surface area contributed by atoms with Crippen molar-refractivity contribution in [2.75, 3.05) is 20.7 Å². The molecule has 0 spiro atoms. The zero-order valence-electron chi connectivity index (χ0n) is 23.0. The Morgan fingerprint density at radius 3 is 2.37 bits per heavy atom. The van der Waals surface area contributed by atoms with Gasteiger partial charge in [0, 0.05) is 43.4 Å². The maximum atomic E-state index is 13.9. The number of esters is 1. The quantitative estimate of drug-likeness (QED) is 0.541. The second-order valence-corrected chi connectivity index (χ2v) is 10.5. The molecule has 1 amide bonds. The Labute approximate surface area is 224 Å². The van der Waals surface area contributed by atoms with E-state index >= 15 is 0 Å². The number of amides is 1. The van der Waals surface area contributed by atoms with E-state index in [-0.39, 0.29) is 42.0 Å².